The first-order chi connectivity index (χ1) is 10.2. The number of nitriles is 1. The van der Waals surface area contributed by atoms with Crippen LogP contribution in [-0.4, -0.2) is 28.6 Å². The number of pyridine rings is 1. The van der Waals surface area contributed by atoms with Gasteiger partial charge < -0.3 is 9.84 Å². The summed E-state index contributed by atoms with van der Waals surface area (Å²) in [4.78, 5) is 4.15. The van der Waals surface area contributed by atoms with Crippen molar-refractivity contribution in [1.29, 1.82) is 5.26 Å². The summed E-state index contributed by atoms with van der Waals surface area (Å²) in [5, 5.41) is 19.5. The van der Waals surface area contributed by atoms with E-state index in [1.807, 2.05) is 31.2 Å². The second-order valence-corrected chi connectivity index (χ2v) is 5.58. The van der Waals surface area contributed by atoms with Gasteiger partial charge in [0.2, 0.25) is 0 Å². The van der Waals surface area contributed by atoms with Gasteiger partial charge in [0.15, 0.2) is 0 Å². The van der Waals surface area contributed by atoms with Crippen molar-refractivity contribution in [2.45, 2.75) is 18.1 Å². The topological polar surface area (TPSA) is 66.1 Å². The summed E-state index contributed by atoms with van der Waals surface area (Å²) in [5.41, 5.74) is 1.61. The zero-order valence-corrected chi connectivity index (χ0v) is 12.5. The van der Waals surface area contributed by atoms with Crippen molar-refractivity contribution in [1.82, 2.24) is 4.98 Å². The standard InChI is InChI=1S/C16H16N2O2S/c1-12-4-2-3-5-15(12)20-10-14(19)11-21-16-8-13(9-17)6-7-18-16/h2-8,14,19H,10-11H2,1H3. The average Bonchev–Trinajstić information content (AvgIpc) is 2.52. The molecule has 108 valence electrons. The number of nitrogens with zero attached hydrogens (tertiary/aromatic N) is 2. The van der Waals surface area contributed by atoms with Crippen LogP contribution in [0.15, 0.2) is 47.6 Å². The van der Waals surface area contributed by atoms with Crippen LogP contribution in [0.4, 0.5) is 0 Å². The molecule has 0 aliphatic heterocycles. The Balaban J connectivity index is 1.81. The third-order valence-corrected chi connectivity index (χ3v) is 3.88. The van der Waals surface area contributed by atoms with Crippen LogP contribution in [0, 0.1) is 18.3 Å². The summed E-state index contributed by atoms with van der Waals surface area (Å²) < 4.78 is 5.60. The number of aliphatic hydroxyl groups excluding tert-OH is 1. The van der Waals surface area contributed by atoms with Gasteiger partial charge in [0.05, 0.1) is 22.8 Å². The lowest BCUT2D eigenvalue weighted by molar-refractivity contribution is 0.126. The Bertz CT molecular complexity index is 640. The van der Waals surface area contributed by atoms with E-state index in [2.05, 4.69) is 11.1 Å². The molecular weight excluding hydrogens is 284 g/mol. The molecule has 0 bridgehead atoms. The van der Waals surface area contributed by atoms with Crippen molar-refractivity contribution < 1.29 is 9.84 Å². The van der Waals surface area contributed by atoms with Gasteiger partial charge in [0.1, 0.15) is 12.4 Å². The van der Waals surface area contributed by atoms with E-state index < -0.39 is 6.10 Å². The summed E-state index contributed by atoms with van der Waals surface area (Å²) in [5.74, 6) is 1.25. The Labute approximate surface area is 128 Å². The molecule has 0 saturated carbocycles. The third kappa shape index (κ3) is 4.78. The largest absolute Gasteiger partial charge is 0.491 e. The molecule has 4 nitrogen and oxygen atoms in total. The van der Waals surface area contributed by atoms with E-state index in [1.54, 1.807) is 18.3 Å². The van der Waals surface area contributed by atoms with Gasteiger partial charge >= 0.3 is 0 Å². The molecule has 1 aromatic carbocycles. The van der Waals surface area contributed by atoms with Gasteiger partial charge in [-0.1, -0.05) is 18.2 Å². The van der Waals surface area contributed by atoms with Crippen LogP contribution in [0.5, 0.6) is 5.75 Å². The van der Waals surface area contributed by atoms with Crippen LogP contribution in [0.2, 0.25) is 0 Å². The van der Waals surface area contributed by atoms with E-state index in [1.165, 1.54) is 11.8 Å². The molecule has 5 heteroatoms. The van der Waals surface area contributed by atoms with Crippen LogP contribution in [0.25, 0.3) is 0 Å². The van der Waals surface area contributed by atoms with E-state index in [-0.39, 0.29) is 6.61 Å². The highest BCUT2D eigenvalue weighted by Gasteiger charge is 2.08. The molecule has 0 aliphatic carbocycles. The zero-order chi connectivity index (χ0) is 15.1. The first kappa shape index (κ1) is 15.4. The SMILES string of the molecule is Cc1ccccc1OCC(O)CSc1cc(C#N)ccn1. The van der Waals surface area contributed by atoms with Crippen molar-refractivity contribution in [3.8, 4) is 11.8 Å². The molecule has 0 spiro atoms. The lowest BCUT2D eigenvalue weighted by Crippen LogP contribution is -2.20. The monoisotopic (exact) mass is 300 g/mol. The maximum absolute atomic E-state index is 9.95. The minimum absolute atomic E-state index is 0.232. The van der Waals surface area contributed by atoms with Gasteiger partial charge in [-0.15, -0.1) is 11.8 Å². The second-order valence-electron chi connectivity index (χ2n) is 4.54. The molecule has 1 atom stereocenters. The highest BCUT2D eigenvalue weighted by Crippen LogP contribution is 2.19. The van der Waals surface area contributed by atoms with E-state index in [4.69, 9.17) is 10.00 Å². The number of aryl methyl sites for hydroxylation is 1. The minimum atomic E-state index is -0.595. The van der Waals surface area contributed by atoms with Gasteiger partial charge in [-0.3, -0.25) is 0 Å². The molecule has 1 N–H and O–H groups in total. The first-order valence-electron chi connectivity index (χ1n) is 6.54. The molecule has 2 rings (SSSR count). The number of rotatable bonds is 6. The molecule has 2 aromatic rings. The van der Waals surface area contributed by atoms with Gasteiger partial charge in [0.25, 0.3) is 0 Å². The fourth-order valence-corrected chi connectivity index (χ4v) is 2.50. The van der Waals surface area contributed by atoms with E-state index >= 15 is 0 Å². The maximum Gasteiger partial charge on any atom is 0.122 e. The van der Waals surface area contributed by atoms with Gasteiger partial charge in [-0.05, 0) is 30.7 Å². The van der Waals surface area contributed by atoms with Crippen molar-refractivity contribution in [2.75, 3.05) is 12.4 Å². The van der Waals surface area contributed by atoms with E-state index in [0.717, 1.165) is 16.3 Å². The third-order valence-electron chi connectivity index (χ3n) is 2.81. The molecule has 0 saturated heterocycles. The highest BCUT2D eigenvalue weighted by molar-refractivity contribution is 7.99. The number of aliphatic hydroxyl groups is 1. The number of ether oxygens (including phenoxy) is 1. The summed E-state index contributed by atoms with van der Waals surface area (Å²) in [6.07, 6.45) is 0.999. The number of hydrogen-bond acceptors (Lipinski definition) is 5. The number of benzene rings is 1. The summed E-state index contributed by atoms with van der Waals surface area (Å²) >= 11 is 1.41. The van der Waals surface area contributed by atoms with Crippen molar-refractivity contribution in [3.63, 3.8) is 0 Å². The first-order valence-corrected chi connectivity index (χ1v) is 7.53. The Hall–Kier alpha value is -2.03. The smallest absolute Gasteiger partial charge is 0.122 e. The van der Waals surface area contributed by atoms with Gasteiger partial charge in [-0.25, -0.2) is 4.98 Å². The molecule has 1 aromatic heterocycles. The molecular formula is C16H16N2O2S. The van der Waals surface area contributed by atoms with Crippen LogP contribution < -0.4 is 4.74 Å². The molecule has 0 amide bonds. The van der Waals surface area contributed by atoms with Crippen molar-refractivity contribution in [3.05, 3.63) is 53.7 Å². The van der Waals surface area contributed by atoms with E-state index in [9.17, 15) is 5.11 Å². The zero-order valence-electron chi connectivity index (χ0n) is 11.7. The van der Waals surface area contributed by atoms with Crippen LogP contribution >= 0.6 is 11.8 Å². The minimum Gasteiger partial charge on any atom is -0.491 e. The molecule has 21 heavy (non-hydrogen) atoms. The van der Waals surface area contributed by atoms with Crippen LogP contribution in [0.3, 0.4) is 0 Å². The number of para-hydroxylation sites is 1. The van der Waals surface area contributed by atoms with Crippen molar-refractivity contribution >= 4 is 11.8 Å². The van der Waals surface area contributed by atoms with Crippen molar-refractivity contribution in [2.24, 2.45) is 0 Å². The fourth-order valence-electron chi connectivity index (χ4n) is 1.69. The lowest BCUT2D eigenvalue weighted by Gasteiger charge is -2.13. The average molecular weight is 300 g/mol. The molecule has 0 radical (unpaired) electrons. The Morgan fingerprint density at radius 2 is 2.19 bits per heavy atom. The summed E-state index contributed by atoms with van der Waals surface area (Å²) in [6, 6.07) is 13.1. The Morgan fingerprint density at radius 3 is 2.95 bits per heavy atom. The predicted octanol–water partition coefficient (Wildman–Crippen LogP) is 2.79. The van der Waals surface area contributed by atoms with Gasteiger partial charge in [0, 0.05) is 11.9 Å². The number of aromatic nitrogens is 1. The fraction of sp³-hybridized carbons (Fsp3) is 0.250. The predicted molar refractivity (Wildman–Crippen MR) is 82.4 cm³/mol. The van der Waals surface area contributed by atoms with Gasteiger partial charge in [-0.2, -0.15) is 5.26 Å². The number of hydrogen-bond donors (Lipinski definition) is 1. The van der Waals surface area contributed by atoms with E-state index in [0.29, 0.717) is 11.3 Å². The molecule has 0 fully saturated rings. The molecule has 0 aliphatic rings. The normalized spacial score (nSPS) is 11.7. The summed E-state index contributed by atoms with van der Waals surface area (Å²) in [7, 11) is 0. The quantitative estimate of drug-likeness (QED) is 0.831. The molecule has 1 unspecified atom stereocenters. The number of thioether (sulfide) groups is 1. The summed E-state index contributed by atoms with van der Waals surface area (Å²) in [6.45, 7) is 2.20. The maximum atomic E-state index is 9.95. The lowest BCUT2D eigenvalue weighted by atomic mass is 10.2. The highest BCUT2D eigenvalue weighted by atomic mass is 32.2. The Kier molecular flexibility index (Phi) is 5.61. The molecule has 1 heterocycles. The Morgan fingerprint density at radius 1 is 1.38 bits per heavy atom. The second kappa shape index (κ2) is 7.67. The van der Waals surface area contributed by atoms with Crippen LogP contribution in [0.1, 0.15) is 11.1 Å². The van der Waals surface area contributed by atoms with Crippen LogP contribution in [-0.2, 0) is 0 Å².